The predicted octanol–water partition coefficient (Wildman–Crippen LogP) is 3.40. The van der Waals surface area contributed by atoms with Crippen molar-refractivity contribution in [1.29, 1.82) is 0 Å². The first-order valence-corrected chi connectivity index (χ1v) is 5.29. The smallest absolute Gasteiger partial charge is 0.216 e. The quantitative estimate of drug-likeness (QED) is 0.335. The van der Waals surface area contributed by atoms with E-state index in [0.29, 0.717) is 16.0 Å². The maximum absolute atomic E-state index is 13.4. The Morgan fingerprint density at radius 2 is 1.82 bits per heavy atom. The molecule has 0 fully saturated rings. The first-order chi connectivity index (χ1) is 8.16. The molecular weight excluding hydrogens is 217 g/mol. The van der Waals surface area contributed by atoms with E-state index < -0.39 is 5.82 Å². The van der Waals surface area contributed by atoms with E-state index in [4.69, 9.17) is 0 Å². The van der Waals surface area contributed by atoms with Crippen LogP contribution in [0.4, 0.5) is 10.1 Å². The van der Waals surface area contributed by atoms with Crippen molar-refractivity contribution < 1.29 is 9.13 Å². The Kier molecular flexibility index (Phi) is 3.19. The van der Waals surface area contributed by atoms with E-state index in [1.165, 1.54) is 12.3 Å². The Morgan fingerprint density at radius 3 is 2.53 bits per heavy atom. The van der Waals surface area contributed by atoms with Gasteiger partial charge in [-0.25, -0.2) is 4.39 Å². The van der Waals surface area contributed by atoms with Gasteiger partial charge in [-0.3, -0.25) is 0 Å². The summed E-state index contributed by atoms with van der Waals surface area (Å²) in [4.78, 5) is 0. The highest BCUT2D eigenvalue weighted by Gasteiger charge is 2.05. The third-order valence-electron chi connectivity index (χ3n) is 2.42. The zero-order valence-corrected chi connectivity index (χ0v) is 9.43. The van der Waals surface area contributed by atoms with Crippen molar-refractivity contribution in [1.82, 2.24) is 0 Å². The van der Waals surface area contributed by atoms with Crippen molar-refractivity contribution in [3.8, 4) is 0 Å². The monoisotopic (exact) mass is 229 g/mol. The van der Waals surface area contributed by atoms with Crippen LogP contribution < -0.4 is 0 Å². The van der Waals surface area contributed by atoms with Crippen molar-refractivity contribution in [3.05, 3.63) is 70.7 Å². The molecule has 0 aliphatic heterocycles. The van der Waals surface area contributed by atoms with E-state index in [-0.39, 0.29) is 0 Å². The third-order valence-corrected chi connectivity index (χ3v) is 2.42. The first-order valence-electron chi connectivity index (χ1n) is 5.29. The second-order valence-corrected chi connectivity index (χ2v) is 3.82. The summed E-state index contributed by atoms with van der Waals surface area (Å²) in [6, 6.07) is 13.4. The van der Waals surface area contributed by atoms with Gasteiger partial charge in [0, 0.05) is 12.1 Å². The standard InChI is InChI=1S/C14H12FNO/c1-11-7-8-14(15)12(9-11)10-16(17)13-5-3-2-4-6-13/h2-10H,1H3. The van der Waals surface area contributed by atoms with E-state index in [1.807, 2.05) is 13.0 Å². The van der Waals surface area contributed by atoms with E-state index in [9.17, 15) is 9.60 Å². The molecule has 0 radical (unpaired) electrons. The van der Waals surface area contributed by atoms with E-state index >= 15 is 0 Å². The summed E-state index contributed by atoms with van der Waals surface area (Å²) in [7, 11) is 0. The molecule has 2 aromatic carbocycles. The molecule has 0 unspecified atom stereocenters. The summed E-state index contributed by atoms with van der Waals surface area (Å²) < 4.78 is 14.1. The van der Waals surface area contributed by atoms with Gasteiger partial charge >= 0.3 is 0 Å². The molecule has 0 N–H and O–H groups in total. The van der Waals surface area contributed by atoms with Crippen LogP contribution in [0, 0.1) is 17.9 Å². The minimum Gasteiger partial charge on any atom is -0.618 e. The normalized spacial score (nSPS) is 11.5. The van der Waals surface area contributed by atoms with Gasteiger partial charge in [0.1, 0.15) is 5.82 Å². The summed E-state index contributed by atoms with van der Waals surface area (Å²) >= 11 is 0. The summed E-state index contributed by atoms with van der Waals surface area (Å²) in [5.74, 6) is -0.396. The van der Waals surface area contributed by atoms with Crippen LogP contribution in [0.25, 0.3) is 0 Å². The third kappa shape index (κ3) is 2.69. The molecule has 0 atom stereocenters. The number of hydrogen-bond donors (Lipinski definition) is 0. The van der Waals surface area contributed by atoms with Gasteiger partial charge in [-0.1, -0.05) is 29.8 Å². The Morgan fingerprint density at radius 1 is 1.12 bits per heavy atom. The SMILES string of the molecule is Cc1ccc(F)c(C=[N+]([O-])c2ccccc2)c1. The number of benzene rings is 2. The number of para-hydroxylation sites is 1. The predicted molar refractivity (Wildman–Crippen MR) is 66.0 cm³/mol. The highest BCUT2D eigenvalue weighted by Crippen LogP contribution is 2.12. The van der Waals surface area contributed by atoms with Crippen molar-refractivity contribution in [3.63, 3.8) is 0 Å². The molecule has 0 amide bonds. The van der Waals surface area contributed by atoms with Gasteiger partial charge < -0.3 is 5.21 Å². The van der Waals surface area contributed by atoms with E-state index in [0.717, 1.165) is 5.56 Å². The number of nitrogens with zero attached hydrogens (tertiary/aromatic N) is 1. The molecule has 0 spiro atoms. The molecule has 3 heteroatoms. The second-order valence-electron chi connectivity index (χ2n) is 3.82. The van der Waals surface area contributed by atoms with Crippen LogP contribution in [-0.2, 0) is 0 Å². The highest BCUT2D eigenvalue weighted by molar-refractivity contribution is 5.77. The van der Waals surface area contributed by atoms with Crippen LogP contribution in [0.1, 0.15) is 11.1 Å². The van der Waals surface area contributed by atoms with Crippen LogP contribution in [0.5, 0.6) is 0 Å². The molecule has 2 rings (SSSR count). The minimum absolute atomic E-state index is 0.295. The van der Waals surface area contributed by atoms with E-state index in [1.54, 1.807) is 36.4 Å². The van der Waals surface area contributed by atoms with E-state index in [2.05, 4.69) is 0 Å². The van der Waals surface area contributed by atoms with Gasteiger partial charge in [-0.2, -0.15) is 4.74 Å². The van der Waals surface area contributed by atoms with Crippen molar-refractivity contribution in [2.75, 3.05) is 0 Å². The first kappa shape index (κ1) is 11.3. The Balaban J connectivity index is 2.39. The largest absolute Gasteiger partial charge is 0.618 e. The van der Waals surface area contributed by atoms with Crippen molar-refractivity contribution >= 4 is 11.9 Å². The molecule has 0 heterocycles. The molecule has 0 bridgehead atoms. The molecule has 86 valence electrons. The Labute approximate surface area is 99.2 Å². The van der Waals surface area contributed by atoms with Gasteiger partial charge in [-0.05, 0) is 19.1 Å². The van der Waals surface area contributed by atoms with Crippen molar-refractivity contribution in [2.24, 2.45) is 0 Å². The lowest BCUT2D eigenvalue weighted by Gasteiger charge is -2.03. The number of aryl methyl sites for hydroxylation is 1. The minimum atomic E-state index is -0.396. The lowest BCUT2D eigenvalue weighted by Crippen LogP contribution is -2.01. The molecule has 0 aromatic heterocycles. The summed E-state index contributed by atoms with van der Waals surface area (Å²) in [6.07, 6.45) is 1.25. The topological polar surface area (TPSA) is 26.1 Å². The molecular formula is C14H12FNO. The van der Waals surface area contributed by atoms with Crippen LogP contribution >= 0.6 is 0 Å². The molecule has 0 aliphatic rings. The summed E-state index contributed by atoms with van der Waals surface area (Å²) in [5.41, 5.74) is 1.69. The van der Waals surface area contributed by atoms with Crippen LogP contribution in [0.15, 0.2) is 48.5 Å². The number of hydrogen-bond acceptors (Lipinski definition) is 1. The Hall–Kier alpha value is -2.16. The fourth-order valence-corrected chi connectivity index (χ4v) is 1.54. The van der Waals surface area contributed by atoms with Crippen LogP contribution in [0.3, 0.4) is 0 Å². The van der Waals surface area contributed by atoms with Gasteiger partial charge in [0.05, 0.1) is 5.56 Å². The van der Waals surface area contributed by atoms with Crippen LogP contribution in [0.2, 0.25) is 0 Å². The van der Waals surface area contributed by atoms with Gasteiger partial charge in [-0.15, -0.1) is 0 Å². The van der Waals surface area contributed by atoms with Gasteiger partial charge in [0.2, 0.25) is 5.69 Å². The zero-order valence-electron chi connectivity index (χ0n) is 9.43. The highest BCUT2D eigenvalue weighted by atomic mass is 19.1. The fourth-order valence-electron chi connectivity index (χ4n) is 1.54. The second kappa shape index (κ2) is 4.78. The molecule has 2 aromatic rings. The average molecular weight is 229 g/mol. The molecule has 2 nitrogen and oxygen atoms in total. The van der Waals surface area contributed by atoms with Crippen molar-refractivity contribution in [2.45, 2.75) is 6.92 Å². The van der Waals surface area contributed by atoms with Gasteiger partial charge in [0.15, 0.2) is 6.21 Å². The summed E-state index contributed by atoms with van der Waals surface area (Å²) in [5, 5.41) is 11.8. The lowest BCUT2D eigenvalue weighted by atomic mass is 10.1. The number of halogens is 1. The maximum Gasteiger partial charge on any atom is 0.216 e. The molecule has 0 saturated carbocycles. The fraction of sp³-hybridized carbons (Fsp3) is 0.0714. The zero-order chi connectivity index (χ0) is 12.3. The Bertz CT molecular complexity index is 549. The molecule has 17 heavy (non-hydrogen) atoms. The summed E-state index contributed by atoms with van der Waals surface area (Å²) in [6.45, 7) is 1.86. The van der Waals surface area contributed by atoms with Gasteiger partial charge in [0.25, 0.3) is 0 Å². The molecule has 0 aliphatic carbocycles. The molecule has 0 saturated heterocycles. The lowest BCUT2D eigenvalue weighted by molar-refractivity contribution is -0.354. The number of rotatable bonds is 2. The average Bonchev–Trinajstić information content (AvgIpc) is 2.35. The maximum atomic E-state index is 13.4. The van der Waals surface area contributed by atoms with Crippen LogP contribution in [-0.4, -0.2) is 11.0 Å².